The summed E-state index contributed by atoms with van der Waals surface area (Å²) in [7, 11) is 0. The molecule has 0 amide bonds. The molecule has 1 atom stereocenters. The van der Waals surface area contributed by atoms with Gasteiger partial charge in [-0.15, -0.1) is 0 Å². The fourth-order valence-corrected chi connectivity index (χ4v) is 5.09. The lowest BCUT2D eigenvalue weighted by Crippen LogP contribution is -2.45. The molecule has 0 saturated carbocycles. The minimum Gasteiger partial charge on any atom is -0.477 e. The van der Waals surface area contributed by atoms with Gasteiger partial charge in [-0.3, -0.25) is 4.98 Å². The Morgan fingerprint density at radius 3 is 2.71 bits per heavy atom. The predicted octanol–water partition coefficient (Wildman–Crippen LogP) is 4.43. The van der Waals surface area contributed by atoms with E-state index in [-0.39, 0.29) is 6.04 Å². The number of rotatable bonds is 9. The normalized spacial score (nSPS) is 16.8. The highest BCUT2D eigenvalue weighted by Crippen LogP contribution is 2.32. The van der Waals surface area contributed by atoms with Gasteiger partial charge in [0.1, 0.15) is 5.82 Å². The zero-order chi connectivity index (χ0) is 28.0. The lowest BCUT2D eigenvalue weighted by atomic mass is 10.0. The van der Waals surface area contributed by atoms with Gasteiger partial charge in [-0.2, -0.15) is 4.98 Å². The van der Waals surface area contributed by atoms with Crippen molar-refractivity contribution in [1.29, 1.82) is 0 Å². The lowest BCUT2D eigenvalue weighted by Gasteiger charge is -2.37. The number of unbranched alkanes of at least 4 members (excludes halogenated alkanes) is 1. The van der Waals surface area contributed by atoms with Gasteiger partial charge < -0.3 is 24.6 Å². The molecule has 1 saturated heterocycles. The van der Waals surface area contributed by atoms with Gasteiger partial charge in [0.2, 0.25) is 11.8 Å². The molecule has 0 radical (unpaired) electrons. The molecule has 2 aliphatic rings. The van der Waals surface area contributed by atoms with Crippen LogP contribution in [0.4, 0.5) is 23.3 Å². The Morgan fingerprint density at radius 1 is 1.05 bits per heavy atom. The van der Waals surface area contributed by atoms with E-state index in [9.17, 15) is 0 Å². The number of fused-ring (bicyclic) bond motifs is 1. The van der Waals surface area contributed by atoms with Crippen LogP contribution in [0.3, 0.4) is 0 Å². The van der Waals surface area contributed by atoms with Crippen LogP contribution in [0.5, 0.6) is 5.88 Å². The maximum Gasteiger partial charge on any atom is 0.234 e. The summed E-state index contributed by atoms with van der Waals surface area (Å²) in [5, 5.41) is 3.32. The standard InChI is InChI=1S/C30H35N9O2/c1-3-4-15-41-27-18-31-17-26(36-27)34-23-8-6-22(7-9-23)28-35-25-19-38(30-32-11-5-12-33-30)13-10-24(25)29(37-28)39-14-16-40-20-21(39)2/h5-9,11-12,17-18,21H,3-4,10,13-16,19-20H2,1-2H3,(H,34,36)/t21-/m0/s1. The van der Waals surface area contributed by atoms with Crippen molar-refractivity contribution in [2.24, 2.45) is 0 Å². The van der Waals surface area contributed by atoms with Crippen LogP contribution in [0.1, 0.15) is 37.9 Å². The number of morpholine rings is 1. The van der Waals surface area contributed by atoms with Crippen LogP contribution in [-0.2, 0) is 17.7 Å². The van der Waals surface area contributed by atoms with Gasteiger partial charge >= 0.3 is 0 Å². The number of nitrogens with one attached hydrogen (secondary N) is 1. The molecule has 0 spiro atoms. The minimum atomic E-state index is 0.237. The Kier molecular flexibility index (Phi) is 8.13. The number of anilines is 4. The molecular weight excluding hydrogens is 518 g/mol. The van der Waals surface area contributed by atoms with Crippen LogP contribution in [0.25, 0.3) is 11.4 Å². The molecule has 0 aliphatic carbocycles. The van der Waals surface area contributed by atoms with E-state index in [2.05, 4.69) is 48.9 Å². The smallest absolute Gasteiger partial charge is 0.234 e. The second-order valence-corrected chi connectivity index (χ2v) is 10.3. The first-order valence-corrected chi connectivity index (χ1v) is 14.3. The predicted molar refractivity (Wildman–Crippen MR) is 158 cm³/mol. The molecule has 5 heterocycles. The summed E-state index contributed by atoms with van der Waals surface area (Å²) in [4.78, 5) is 32.5. The molecule has 0 unspecified atom stereocenters. The third-order valence-electron chi connectivity index (χ3n) is 7.29. The van der Waals surface area contributed by atoms with Gasteiger partial charge in [0.25, 0.3) is 0 Å². The summed E-state index contributed by atoms with van der Waals surface area (Å²) in [5.74, 6) is 3.57. The van der Waals surface area contributed by atoms with Crippen LogP contribution in [0, 0.1) is 0 Å². The van der Waals surface area contributed by atoms with Crippen molar-refractivity contribution < 1.29 is 9.47 Å². The Labute approximate surface area is 240 Å². The minimum absolute atomic E-state index is 0.237. The molecular formula is C30H35N9O2. The van der Waals surface area contributed by atoms with E-state index < -0.39 is 0 Å². The molecule has 3 aromatic heterocycles. The fourth-order valence-electron chi connectivity index (χ4n) is 5.09. The first-order valence-electron chi connectivity index (χ1n) is 14.3. The zero-order valence-corrected chi connectivity index (χ0v) is 23.5. The van der Waals surface area contributed by atoms with Crippen molar-refractivity contribution in [3.8, 4) is 17.3 Å². The van der Waals surface area contributed by atoms with Crippen LogP contribution >= 0.6 is 0 Å². The summed E-state index contributed by atoms with van der Waals surface area (Å²) >= 11 is 0. The number of nitrogens with zero attached hydrogens (tertiary/aromatic N) is 8. The molecule has 2 aliphatic heterocycles. The van der Waals surface area contributed by atoms with E-state index >= 15 is 0 Å². The van der Waals surface area contributed by atoms with Crippen molar-refractivity contribution in [3.05, 3.63) is 66.4 Å². The molecule has 41 heavy (non-hydrogen) atoms. The topological polar surface area (TPSA) is 114 Å². The first-order chi connectivity index (χ1) is 20.2. The summed E-state index contributed by atoms with van der Waals surface area (Å²) in [6.07, 6.45) is 9.76. The van der Waals surface area contributed by atoms with E-state index in [4.69, 9.17) is 19.4 Å². The Morgan fingerprint density at radius 2 is 1.90 bits per heavy atom. The number of benzene rings is 1. The van der Waals surface area contributed by atoms with E-state index in [1.165, 1.54) is 5.56 Å². The Hall–Kier alpha value is -4.38. The average Bonchev–Trinajstić information content (AvgIpc) is 3.02. The van der Waals surface area contributed by atoms with Crippen LogP contribution in [0.15, 0.2) is 55.1 Å². The Bertz CT molecular complexity index is 1450. The van der Waals surface area contributed by atoms with Gasteiger partial charge in [-0.1, -0.05) is 13.3 Å². The van der Waals surface area contributed by atoms with Crippen LogP contribution in [0.2, 0.25) is 0 Å². The lowest BCUT2D eigenvalue weighted by molar-refractivity contribution is 0.0984. The van der Waals surface area contributed by atoms with Gasteiger partial charge in [0.15, 0.2) is 11.6 Å². The van der Waals surface area contributed by atoms with E-state index in [1.54, 1.807) is 24.8 Å². The van der Waals surface area contributed by atoms with Gasteiger partial charge in [0, 0.05) is 42.3 Å². The molecule has 11 heteroatoms. The highest BCUT2D eigenvalue weighted by atomic mass is 16.5. The third-order valence-corrected chi connectivity index (χ3v) is 7.29. The number of hydrogen-bond acceptors (Lipinski definition) is 11. The Balaban J connectivity index is 1.27. The second-order valence-electron chi connectivity index (χ2n) is 10.3. The second kappa shape index (κ2) is 12.4. The van der Waals surface area contributed by atoms with Gasteiger partial charge in [-0.05, 0) is 50.1 Å². The van der Waals surface area contributed by atoms with Crippen molar-refractivity contribution in [1.82, 2.24) is 29.9 Å². The maximum absolute atomic E-state index is 5.73. The molecule has 1 fully saturated rings. The summed E-state index contributed by atoms with van der Waals surface area (Å²) in [5.41, 5.74) is 4.05. The highest BCUT2D eigenvalue weighted by Gasteiger charge is 2.29. The quantitative estimate of drug-likeness (QED) is 0.297. The van der Waals surface area contributed by atoms with Crippen molar-refractivity contribution in [3.63, 3.8) is 0 Å². The van der Waals surface area contributed by atoms with Crippen LogP contribution < -0.4 is 19.9 Å². The average molecular weight is 554 g/mol. The van der Waals surface area contributed by atoms with E-state index in [0.717, 1.165) is 61.1 Å². The monoisotopic (exact) mass is 553 g/mol. The van der Waals surface area contributed by atoms with Crippen molar-refractivity contribution in [2.45, 2.75) is 45.7 Å². The summed E-state index contributed by atoms with van der Waals surface area (Å²) in [6, 6.07) is 10.2. The number of hydrogen-bond donors (Lipinski definition) is 1. The number of ether oxygens (including phenoxy) is 2. The SMILES string of the molecule is CCCCOc1cncc(Nc2ccc(-c3nc4c(c(N5CCOC[C@@H]5C)n3)CCN(c3ncccn3)C4)cc2)n1. The third kappa shape index (κ3) is 6.19. The van der Waals surface area contributed by atoms with Crippen molar-refractivity contribution >= 4 is 23.3 Å². The molecule has 0 bridgehead atoms. The molecule has 11 nitrogen and oxygen atoms in total. The summed E-state index contributed by atoms with van der Waals surface area (Å²) in [6.45, 7) is 8.58. The first kappa shape index (κ1) is 26.8. The number of aromatic nitrogens is 6. The molecule has 4 aromatic rings. The molecule has 1 aromatic carbocycles. The molecule has 6 rings (SSSR count). The van der Waals surface area contributed by atoms with E-state index in [1.807, 2.05) is 30.3 Å². The summed E-state index contributed by atoms with van der Waals surface area (Å²) < 4.78 is 11.4. The highest BCUT2D eigenvalue weighted by molar-refractivity contribution is 5.66. The zero-order valence-electron chi connectivity index (χ0n) is 23.5. The largest absolute Gasteiger partial charge is 0.477 e. The molecule has 212 valence electrons. The van der Waals surface area contributed by atoms with Crippen LogP contribution in [-0.4, -0.2) is 68.9 Å². The van der Waals surface area contributed by atoms with Gasteiger partial charge in [-0.25, -0.2) is 19.9 Å². The molecule has 1 N–H and O–H groups in total. The van der Waals surface area contributed by atoms with Gasteiger partial charge in [0.05, 0.1) is 50.5 Å². The van der Waals surface area contributed by atoms with E-state index in [0.29, 0.717) is 43.9 Å². The van der Waals surface area contributed by atoms with Crippen molar-refractivity contribution in [2.75, 3.05) is 48.0 Å². The maximum atomic E-state index is 5.73. The fraction of sp³-hybridized carbons (Fsp3) is 0.400.